The Labute approximate surface area is 141 Å². The van der Waals surface area contributed by atoms with E-state index in [4.69, 9.17) is 16.3 Å². The van der Waals surface area contributed by atoms with Gasteiger partial charge in [0.1, 0.15) is 5.75 Å². The number of benzene rings is 2. The average molecular weight is 415 g/mol. The molecule has 0 atom stereocenters. The number of halogens is 2. The van der Waals surface area contributed by atoms with E-state index in [1.807, 2.05) is 24.3 Å². The minimum atomic E-state index is -0.336. The van der Waals surface area contributed by atoms with Gasteiger partial charge in [0.15, 0.2) is 6.61 Å². The minimum Gasteiger partial charge on any atom is -0.484 e. The molecule has 0 fully saturated rings. The lowest BCUT2D eigenvalue weighted by atomic mass is 10.2. The van der Waals surface area contributed by atoms with Crippen molar-refractivity contribution in [3.05, 3.63) is 62.7 Å². The smallest absolute Gasteiger partial charge is 0.277 e. The molecular weight excluding hydrogens is 403 g/mol. The molecule has 2 rings (SSSR count). The van der Waals surface area contributed by atoms with Gasteiger partial charge in [-0.25, -0.2) is 5.43 Å². The number of carbonyl (C=O) groups excluding carboxylic acids is 1. The normalized spacial score (nSPS) is 10.6. The lowest BCUT2D eigenvalue weighted by Crippen LogP contribution is -2.24. The summed E-state index contributed by atoms with van der Waals surface area (Å²) in [6.07, 6.45) is 1.58. The van der Waals surface area contributed by atoms with Crippen LogP contribution >= 0.6 is 34.2 Å². The number of rotatable bonds is 5. The second-order valence-corrected chi connectivity index (χ2v) is 5.78. The summed E-state index contributed by atoms with van der Waals surface area (Å²) in [7, 11) is 0. The van der Waals surface area contributed by atoms with E-state index in [0.717, 1.165) is 9.13 Å². The highest BCUT2D eigenvalue weighted by Crippen LogP contribution is 2.16. The van der Waals surface area contributed by atoms with Crippen LogP contribution in [0.5, 0.6) is 5.75 Å². The van der Waals surface area contributed by atoms with Crippen molar-refractivity contribution in [1.82, 2.24) is 5.43 Å². The third-order valence-corrected chi connectivity index (χ3v) is 3.32. The highest BCUT2D eigenvalue weighted by atomic mass is 127. The van der Waals surface area contributed by atoms with Crippen LogP contribution in [0.25, 0.3) is 0 Å². The molecule has 0 spiro atoms. The summed E-state index contributed by atoms with van der Waals surface area (Å²) in [4.78, 5) is 11.6. The van der Waals surface area contributed by atoms with Gasteiger partial charge in [-0.15, -0.1) is 0 Å². The molecule has 2 aromatic carbocycles. The second kappa shape index (κ2) is 7.99. The summed E-state index contributed by atoms with van der Waals surface area (Å²) in [5.74, 6) is 0.205. The van der Waals surface area contributed by atoms with E-state index in [1.165, 1.54) is 0 Å². The van der Waals surface area contributed by atoms with E-state index in [1.54, 1.807) is 30.5 Å². The van der Waals surface area contributed by atoms with Crippen LogP contribution < -0.4 is 10.2 Å². The van der Waals surface area contributed by atoms with Gasteiger partial charge in [-0.3, -0.25) is 4.79 Å². The van der Waals surface area contributed by atoms with Crippen molar-refractivity contribution in [3.63, 3.8) is 0 Å². The van der Waals surface area contributed by atoms with Gasteiger partial charge in [0, 0.05) is 8.59 Å². The summed E-state index contributed by atoms with van der Waals surface area (Å²) in [6, 6.07) is 14.6. The van der Waals surface area contributed by atoms with E-state index >= 15 is 0 Å². The Morgan fingerprint density at radius 1 is 1.29 bits per heavy atom. The van der Waals surface area contributed by atoms with Crippen LogP contribution in [0.2, 0.25) is 5.02 Å². The van der Waals surface area contributed by atoms with Crippen LogP contribution in [0, 0.1) is 3.57 Å². The highest BCUT2D eigenvalue weighted by molar-refractivity contribution is 14.1. The average Bonchev–Trinajstić information content (AvgIpc) is 2.45. The quantitative estimate of drug-likeness (QED) is 0.463. The van der Waals surface area contributed by atoms with Gasteiger partial charge >= 0.3 is 0 Å². The lowest BCUT2D eigenvalue weighted by Gasteiger charge is -2.04. The van der Waals surface area contributed by atoms with Gasteiger partial charge in [0.25, 0.3) is 5.91 Å². The van der Waals surface area contributed by atoms with Crippen molar-refractivity contribution >= 4 is 46.3 Å². The third-order valence-electron chi connectivity index (χ3n) is 2.42. The van der Waals surface area contributed by atoms with Gasteiger partial charge in [-0.2, -0.15) is 5.10 Å². The van der Waals surface area contributed by atoms with E-state index in [9.17, 15) is 4.79 Å². The zero-order valence-corrected chi connectivity index (χ0v) is 13.8. The fourth-order valence-electron chi connectivity index (χ4n) is 1.50. The van der Waals surface area contributed by atoms with Crippen LogP contribution in [-0.4, -0.2) is 18.7 Å². The molecule has 21 heavy (non-hydrogen) atoms. The number of amides is 1. The van der Waals surface area contributed by atoms with Gasteiger partial charge in [0.05, 0.1) is 6.21 Å². The van der Waals surface area contributed by atoms with E-state index in [0.29, 0.717) is 10.8 Å². The number of hydrogen-bond donors (Lipinski definition) is 1. The molecule has 2 aromatic rings. The summed E-state index contributed by atoms with van der Waals surface area (Å²) in [5.41, 5.74) is 3.32. The molecule has 1 N–H and O–H groups in total. The molecule has 6 heteroatoms. The van der Waals surface area contributed by atoms with Crippen molar-refractivity contribution in [2.75, 3.05) is 6.61 Å². The Bertz CT molecular complexity index is 662. The second-order valence-electron chi connectivity index (χ2n) is 4.09. The van der Waals surface area contributed by atoms with Gasteiger partial charge in [-0.05, 0) is 58.5 Å². The zero-order chi connectivity index (χ0) is 15.1. The predicted octanol–water partition coefficient (Wildman–Crippen LogP) is 3.47. The molecule has 0 aliphatic heterocycles. The van der Waals surface area contributed by atoms with E-state index < -0.39 is 0 Å². The van der Waals surface area contributed by atoms with Crippen LogP contribution in [0.15, 0.2) is 53.6 Å². The number of carbonyl (C=O) groups is 1. The third kappa shape index (κ3) is 5.73. The fraction of sp³-hybridized carbons (Fsp3) is 0.0667. The number of nitrogens with zero attached hydrogens (tertiary/aromatic N) is 1. The SMILES string of the molecule is O=C(COc1cccc(Cl)c1)N/N=C\c1cccc(I)c1. The Balaban J connectivity index is 1.80. The molecule has 0 aliphatic carbocycles. The molecule has 0 bridgehead atoms. The van der Waals surface area contributed by atoms with E-state index in [2.05, 4.69) is 33.1 Å². The van der Waals surface area contributed by atoms with Crippen LogP contribution in [0.1, 0.15) is 5.56 Å². The largest absolute Gasteiger partial charge is 0.484 e. The van der Waals surface area contributed by atoms with Crippen LogP contribution in [-0.2, 0) is 4.79 Å². The summed E-state index contributed by atoms with van der Waals surface area (Å²) in [5, 5.41) is 4.44. The molecule has 0 aromatic heterocycles. The van der Waals surface area contributed by atoms with E-state index in [-0.39, 0.29) is 12.5 Å². The first kappa shape index (κ1) is 15.8. The summed E-state index contributed by atoms with van der Waals surface area (Å²) in [6.45, 7) is -0.121. The molecule has 0 radical (unpaired) electrons. The monoisotopic (exact) mass is 414 g/mol. The molecule has 1 amide bonds. The zero-order valence-electron chi connectivity index (χ0n) is 10.9. The molecular formula is C15H12ClIN2O2. The molecule has 108 valence electrons. The number of hydrogen-bond acceptors (Lipinski definition) is 3. The minimum absolute atomic E-state index is 0.121. The predicted molar refractivity (Wildman–Crippen MR) is 91.8 cm³/mol. The fourth-order valence-corrected chi connectivity index (χ4v) is 2.25. The summed E-state index contributed by atoms with van der Waals surface area (Å²) >= 11 is 8.03. The molecule has 0 heterocycles. The molecule has 0 unspecified atom stereocenters. The van der Waals surface area contributed by atoms with Crippen molar-refractivity contribution in [2.45, 2.75) is 0 Å². The Kier molecular flexibility index (Phi) is 6.01. The maximum atomic E-state index is 11.6. The van der Waals surface area contributed by atoms with Gasteiger partial charge < -0.3 is 4.74 Å². The first-order valence-corrected chi connectivity index (χ1v) is 7.55. The maximum absolute atomic E-state index is 11.6. The molecule has 0 aliphatic rings. The number of hydrazone groups is 1. The van der Waals surface area contributed by atoms with Crippen molar-refractivity contribution < 1.29 is 9.53 Å². The molecule has 0 saturated carbocycles. The number of nitrogens with one attached hydrogen (secondary N) is 1. The van der Waals surface area contributed by atoms with Crippen LogP contribution in [0.4, 0.5) is 0 Å². The van der Waals surface area contributed by atoms with Crippen molar-refractivity contribution in [2.24, 2.45) is 5.10 Å². The highest BCUT2D eigenvalue weighted by Gasteiger charge is 2.01. The first-order valence-electron chi connectivity index (χ1n) is 6.09. The van der Waals surface area contributed by atoms with Gasteiger partial charge in [0.2, 0.25) is 0 Å². The van der Waals surface area contributed by atoms with Crippen LogP contribution in [0.3, 0.4) is 0 Å². The Morgan fingerprint density at radius 2 is 2.10 bits per heavy atom. The first-order chi connectivity index (χ1) is 10.1. The topological polar surface area (TPSA) is 50.7 Å². The van der Waals surface area contributed by atoms with Crippen molar-refractivity contribution in [3.8, 4) is 5.75 Å². The standard InChI is InChI=1S/C15H12ClIN2O2/c16-12-4-2-6-14(8-12)21-10-15(20)19-18-9-11-3-1-5-13(17)7-11/h1-9H,10H2,(H,19,20)/b18-9-. The molecule has 0 saturated heterocycles. The number of ether oxygens (including phenoxy) is 1. The van der Waals surface area contributed by atoms with Crippen molar-refractivity contribution in [1.29, 1.82) is 0 Å². The maximum Gasteiger partial charge on any atom is 0.277 e. The van der Waals surface area contributed by atoms with Gasteiger partial charge in [-0.1, -0.05) is 29.8 Å². The Hall–Kier alpha value is -1.60. The summed E-state index contributed by atoms with van der Waals surface area (Å²) < 4.78 is 6.40. The lowest BCUT2D eigenvalue weighted by molar-refractivity contribution is -0.123. The Morgan fingerprint density at radius 3 is 2.86 bits per heavy atom. The molecule has 4 nitrogen and oxygen atoms in total.